The van der Waals surface area contributed by atoms with Crippen LogP contribution in [0.25, 0.3) is 0 Å². The zero-order chi connectivity index (χ0) is 15.4. The van der Waals surface area contributed by atoms with Crippen molar-refractivity contribution < 1.29 is 4.79 Å². The van der Waals surface area contributed by atoms with Crippen LogP contribution in [0.2, 0.25) is 0 Å². The van der Waals surface area contributed by atoms with Gasteiger partial charge < -0.3 is 11.1 Å². The zero-order valence-electron chi connectivity index (χ0n) is 12.2. The Morgan fingerprint density at radius 1 is 1.52 bits per heavy atom. The maximum atomic E-state index is 12.2. The molecule has 1 heterocycles. The second-order valence-electron chi connectivity index (χ2n) is 4.65. The number of carbonyl (C=O) groups excluding carboxylic acids is 1. The summed E-state index contributed by atoms with van der Waals surface area (Å²) in [5.41, 5.74) is 8.13. The number of hydrogen-bond acceptors (Lipinski definition) is 6. The standard InChI is InChI=1S/C14H18N4OS2/c1-4-12-17-14(21-18-12)20-9(3)13(19)16-11-6-5-10(15)7-8(11)2/h5-7,9H,4,15H2,1-3H3,(H,16,19). The minimum absolute atomic E-state index is 0.0545. The number of hydrogen-bond donors (Lipinski definition) is 2. The number of anilines is 2. The van der Waals surface area contributed by atoms with Gasteiger partial charge in [0.15, 0.2) is 4.34 Å². The van der Waals surface area contributed by atoms with Gasteiger partial charge in [-0.1, -0.05) is 18.7 Å². The Labute approximate surface area is 132 Å². The molecule has 1 unspecified atom stereocenters. The molecule has 1 amide bonds. The lowest BCUT2D eigenvalue weighted by atomic mass is 10.2. The first kappa shape index (κ1) is 15.8. The van der Waals surface area contributed by atoms with Crippen LogP contribution in [0.1, 0.15) is 25.2 Å². The number of nitrogens with zero attached hydrogens (tertiary/aromatic N) is 2. The van der Waals surface area contributed by atoms with Crippen LogP contribution in [0.4, 0.5) is 11.4 Å². The predicted octanol–water partition coefficient (Wildman–Crippen LogP) is 3.11. The van der Waals surface area contributed by atoms with Crippen LogP contribution in [-0.4, -0.2) is 20.5 Å². The summed E-state index contributed by atoms with van der Waals surface area (Å²) in [5.74, 6) is 0.769. The van der Waals surface area contributed by atoms with Crippen LogP contribution in [0, 0.1) is 6.92 Å². The molecule has 0 fully saturated rings. The van der Waals surface area contributed by atoms with Crippen molar-refractivity contribution in [2.75, 3.05) is 11.1 Å². The van der Waals surface area contributed by atoms with Crippen molar-refractivity contribution >= 4 is 40.6 Å². The molecule has 3 N–H and O–H groups in total. The van der Waals surface area contributed by atoms with E-state index in [-0.39, 0.29) is 11.2 Å². The van der Waals surface area contributed by atoms with E-state index in [2.05, 4.69) is 14.7 Å². The van der Waals surface area contributed by atoms with Gasteiger partial charge in [0.25, 0.3) is 0 Å². The van der Waals surface area contributed by atoms with E-state index in [0.29, 0.717) is 5.69 Å². The molecule has 0 bridgehead atoms. The van der Waals surface area contributed by atoms with E-state index in [9.17, 15) is 4.79 Å². The smallest absolute Gasteiger partial charge is 0.237 e. The molecule has 1 aromatic carbocycles. The third-order valence-electron chi connectivity index (χ3n) is 2.92. The lowest BCUT2D eigenvalue weighted by molar-refractivity contribution is -0.115. The molecule has 0 spiro atoms. The molecule has 112 valence electrons. The number of aromatic nitrogens is 2. The van der Waals surface area contributed by atoms with Gasteiger partial charge in [0.1, 0.15) is 5.82 Å². The zero-order valence-corrected chi connectivity index (χ0v) is 13.8. The molecule has 2 rings (SSSR count). The summed E-state index contributed by atoms with van der Waals surface area (Å²) < 4.78 is 5.04. The fourth-order valence-electron chi connectivity index (χ4n) is 1.70. The number of aryl methyl sites for hydroxylation is 2. The second kappa shape index (κ2) is 6.91. The van der Waals surface area contributed by atoms with Crippen molar-refractivity contribution in [2.24, 2.45) is 0 Å². The Bertz CT molecular complexity index is 642. The summed E-state index contributed by atoms with van der Waals surface area (Å²) in [4.78, 5) is 16.6. The molecule has 21 heavy (non-hydrogen) atoms. The number of amides is 1. The molecule has 0 radical (unpaired) electrons. The molecule has 5 nitrogen and oxygen atoms in total. The van der Waals surface area contributed by atoms with Gasteiger partial charge in [0.2, 0.25) is 5.91 Å². The minimum atomic E-state index is -0.236. The molecule has 0 aliphatic carbocycles. The van der Waals surface area contributed by atoms with Crippen LogP contribution >= 0.6 is 23.3 Å². The normalized spacial score (nSPS) is 12.1. The SMILES string of the molecule is CCc1nsc(SC(C)C(=O)Nc2ccc(N)cc2C)n1. The number of rotatable bonds is 5. The van der Waals surface area contributed by atoms with Crippen LogP contribution in [-0.2, 0) is 11.2 Å². The molecule has 2 aromatic rings. The second-order valence-corrected chi connectivity index (χ2v) is 6.99. The largest absolute Gasteiger partial charge is 0.399 e. The third kappa shape index (κ3) is 4.18. The first-order valence-corrected chi connectivity index (χ1v) is 8.31. The Balaban J connectivity index is 1.99. The molecule has 1 aromatic heterocycles. The summed E-state index contributed by atoms with van der Waals surface area (Å²) in [6, 6.07) is 5.43. The van der Waals surface area contributed by atoms with Crippen LogP contribution in [0.5, 0.6) is 0 Å². The third-order valence-corrected chi connectivity index (χ3v) is 4.84. The van der Waals surface area contributed by atoms with Crippen molar-refractivity contribution in [1.82, 2.24) is 9.36 Å². The van der Waals surface area contributed by atoms with Crippen molar-refractivity contribution in [3.8, 4) is 0 Å². The van der Waals surface area contributed by atoms with Gasteiger partial charge in [-0.2, -0.15) is 4.37 Å². The van der Waals surface area contributed by atoms with E-state index in [1.54, 1.807) is 6.07 Å². The molecular weight excluding hydrogens is 304 g/mol. The summed E-state index contributed by atoms with van der Waals surface area (Å²) in [7, 11) is 0. The topological polar surface area (TPSA) is 80.9 Å². The van der Waals surface area contributed by atoms with Crippen LogP contribution < -0.4 is 11.1 Å². The summed E-state index contributed by atoms with van der Waals surface area (Å²) >= 11 is 2.76. The summed E-state index contributed by atoms with van der Waals surface area (Å²) in [5, 5.41) is 2.68. The molecule has 0 aliphatic heterocycles. The maximum Gasteiger partial charge on any atom is 0.237 e. The van der Waals surface area contributed by atoms with Crippen molar-refractivity contribution in [2.45, 2.75) is 36.8 Å². The quantitative estimate of drug-likeness (QED) is 0.653. The van der Waals surface area contributed by atoms with Gasteiger partial charge >= 0.3 is 0 Å². The van der Waals surface area contributed by atoms with Crippen LogP contribution in [0.3, 0.4) is 0 Å². The van der Waals surface area contributed by atoms with Crippen LogP contribution in [0.15, 0.2) is 22.5 Å². The van der Waals surface area contributed by atoms with E-state index in [0.717, 1.165) is 27.8 Å². The van der Waals surface area contributed by atoms with Gasteiger partial charge in [-0.15, -0.1) is 0 Å². The summed E-state index contributed by atoms with van der Waals surface area (Å²) in [6.07, 6.45) is 0.808. The van der Waals surface area contributed by atoms with Gasteiger partial charge in [-0.3, -0.25) is 4.79 Å². The van der Waals surface area contributed by atoms with E-state index in [1.165, 1.54) is 23.3 Å². The Morgan fingerprint density at radius 3 is 2.90 bits per heavy atom. The van der Waals surface area contributed by atoms with Gasteiger partial charge in [0, 0.05) is 17.8 Å². The Hall–Kier alpha value is -1.60. The van der Waals surface area contributed by atoms with E-state index in [4.69, 9.17) is 5.73 Å². The van der Waals surface area contributed by atoms with Gasteiger partial charge in [-0.25, -0.2) is 4.98 Å². The Morgan fingerprint density at radius 2 is 2.29 bits per heavy atom. The molecule has 0 saturated heterocycles. The average molecular weight is 322 g/mol. The van der Waals surface area contributed by atoms with Crippen molar-refractivity contribution in [1.29, 1.82) is 0 Å². The predicted molar refractivity (Wildman–Crippen MR) is 88.8 cm³/mol. The first-order chi connectivity index (χ1) is 9.99. The average Bonchev–Trinajstić information content (AvgIpc) is 2.89. The Kier molecular flexibility index (Phi) is 5.19. The fourth-order valence-corrected chi connectivity index (χ4v) is 3.54. The highest BCUT2D eigenvalue weighted by molar-refractivity contribution is 8.02. The van der Waals surface area contributed by atoms with E-state index >= 15 is 0 Å². The number of nitrogen functional groups attached to an aromatic ring is 1. The minimum Gasteiger partial charge on any atom is -0.399 e. The highest BCUT2D eigenvalue weighted by atomic mass is 32.2. The molecule has 7 heteroatoms. The number of nitrogens with one attached hydrogen (secondary N) is 1. The maximum absolute atomic E-state index is 12.2. The van der Waals surface area contributed by atoms with Gasteiger partial charge in [-0.05, 0) is 49.1 Å². The van der Waals surface area contributed by atoms with Crippen molar-refractivity contribution in [3.63, 3.8) is 0 Å². The lowest BCUT2D eigenvalue weighted by Crippen LogP contribution is -2.22. The molecular formula is C14H18N4OS2. The number of carbonyl (C=O) groups is 1. The highest BCUT2D eigenvalue weighted by Gasteiger charge is 2.17. The lowest BCUT2D eigenvalue weighted by Gasteiger charge is -2.12. The molecule has 1 atom stereocenters. The first-order valence-electron chi connectivity index (χ1n) is 6.65. The molecule has 0 aliphatic rings. The number of benzene rings is 1. The fraction of sp³-hybridized carbons (Fsp3) is 0.357. The highest BCUT2D eigenvalue weighted by Crippen LogP contribution is 2.26. The number of thioether (sulfide) groups is 1. The number of nitrogens with two attached hydrogens (primary N) is 1. The van der Waals surface area contributed by atoms with Gasteiger partial charge in [0.05, 0.1) is 5.25 Å². The van der Waals surface area contributed by atoms with E-state index < -0.39 is 0 Å². The summed E-state index contributed by atoms with van der Waals surface area (Å²) in [6.45, 7) is 5.79. The van der Waals surface area contributed by atoms with Crippen molar-refractivity contribution in [3.05, 3.63) is 29.6 Å². The molecule has 0 saturated carbocycles. The van der Waals surface area contributed by atoms with E-state index in [1.807, 2.05) is 32.9 Å². The monoisotopic (exact) mass is 322 g/mol.